The van der Waals surface area contributed by atoms with Gasteiger partial charge in [0.25, 0.3) is 0 Å². The summed E-state index contributed by atoms with van der Waals surface area (Å²) in [5.41, 5.74) is 0. The number of rotatable bonds is 6. The third-order valence-corrected chi connectivity index (χ3v) is 3.74. The third-order valence-electron chi connectivity index (χ3n) is 3.74. The van der Waals surface area contributed by atoms with E-state index >= 15 is 0 Å². The summed E-state index contributed by atoms with van der Waals surface area (Å²) in [5, 5.41) is 12.6. The van der Waals surface area contributed by atoms with E-state index in [4.69, 9.17) is 0 Å². The fourth-order valence-corrected chi connectivity index (χ4v) is 2.51. The molecule has 0 bridgehead atoms. The summed E-state index contributed by atoms with van der Waals surface area (Å²) in [6, 6.07) is 2.00. The number of nitrogens with zero attached hydrogens (tertiary/aromatic N) is 3. The summed E-state index contributed by atoms with van der Waals surface area (Å²) in [6.45, 7) is 8.08. The smallest absolute Gasteiger partial charge is 0.135 e. The second kappa shape index (κ2) is 6.39. The molecular weight excluding hydrogens is 252 g/mol. The highest BCUT2D eigenvalue weighted by Crippen LogP contribution is 2.29. The fraction of sp³-hybridized carbons (Fsp3) is 0.733. The number of hydrogen-bond acceptors (Lipinski definition) is 5. The largest absolute Gasteiger partial charge is 0.393 e. The molecule has 0 atom stereocenters. The van der Waals surface area contributed by atoms with Crippen molar-refractivity contribution in [3.8, 4) is 0 Å². The molecule has 20 heavy (non-hydrogen) atoms. The van der Waals surface area contributed by atoms with Crippen LogP contribution in [0.15, 0.2) is 6.07 Å². The van der Waals surface area contributed by atoms with Gasteiger partial charge in [-0.15, -0.1) is 0 Å². The van der Waals surface area contributed by atoms with E-state index < -0.39 is 0 Å². The van der Waals surface area contributed by atoms with Gasteiger partial charge in [0.15, 0.2) is 0 Å². The topological polar surface area (TPSA) is 61.3 Å². The molecule has 1 aromatic rings. The molecule has 1 heterocycles. The number of nitrogens with one attached hydrogen (secondary N) is 1. The molecule has 0 unspecified atom stereocenters. The van der Waals surface area contributed by atoms with Crippen LogP contribution in [-0.4, -0.2) is 41.3 Å². The Bertz CT molecular complexity index is 443. The van der Waals surface area contributed by atoms with E-state index in [1.54, 1.807) is 0 Å². The van der Waals surface area contributed by atoms with E-state index in [1.807, 2.05) is 6.07 Å². The van der Waals surface area contributed by atoms with E-state index in [9.17, 15) is 5.11 Å². The van der Waals surface area contributed by atoms with Gasteiger partial charge in [-0.05, 0) is 25.7 Å². The van der Waals surface area contributed by atoms with Gasteiger partial charge in [0, 0.05) is 32.1 Å². The summed E-state index contributed by atoms with van der Waals surface area (Å²) in [4.78, 5) is 11.4. The highest BCUT2D eigenvalue weighted by Gasteiger charge is 2.28. The lowest BCUT2D eigenvalue weighted by molar-refractivity contribution is 0.0464. The maximum atomic E-state index is 9.38. The zero-order valence-electron chi connectivity index (χ0n) is 12.9. The van der Waals surface area contributed by atoms with Crippen molar-refractivity contribution in [1.29, 1.82) is 0 Å². The van der Waals surface area contributed by atoms with Gasteiger partial charge in [0.1, 0.15) is 17.5 Å². The van der Waals surface area contributed by atoms with E-state index in [-0.39, 0.29) is 6.10 Å². The molecule has 1 aliphatic carbocycles. The maximum Gasteiger partial charge on any atom is 0.135 e. The van der Waals surface area contributed by atoms with Crippen molar-refractivity contribution >= 4 is 11.6 Å². The average molecular weight is 278 g/mol. The van der Waals surface area contributed by atoms with E-state index in [0.717, 1.165) is 43.4 Å². The first kappa shape index (κ1) is 15.0. The molecule has 0 amide bonds. The van der Waals surface area contributed by atoms with Crippen LogP contribution in [0.3, 0.4) is 0 Å². The van der Waals surface area contributed by atoms with Crippen LogP contribution < -0.4 is 10.2 Å². The SMILES string of the molecule is CCNc1cc(N(C)CC2CC(O)C2)nc(C(C)C)n1. The molecule has 0 spiro atoms. The van der Waals surface area contributed by atoms with Crippen LogP contribution in [0.5, 0.6) is 0 Å². The van der Waals surface area contributed by atoms with Gasteiger partial charge in [-0.1, -0.05) is 13.8 Å². The quantitative estimate of drug-likeness (QED) is 0.835. The highest BCUT2D eigenvalue weighted by atomic mass is 16.3. The van der Waals surface area contributed by atoms with Crippen molar-refractivity contribution in [2.24, 2.45) is 5.92 Å². The van der Waals surface area contributed by atoms with Crippen molar-refractivity contribution in [3.63, 3.8) is 0 Å². The van der Waals surface area contributed by atoms with Crippen molar-refractivity contribution in [2.45, 2.75) is 45.6 Å². The van der Waals surface area contributed by atoms with Gasteiger partial charge in [-0.3, -0.25) is 0 Å². The van der Waals surface area contributed by atoms with Gasteiger partial charge in [-0.25, -0.2) is 9.97 Å². The zero-order chi connectivity index (χ0) is 14.7. The molecule has 1 aliphatic rings. The lowest BCUT2D eigenvalue weighted by Crippen LogP contribution is -2.37. The van der Waals surface area contributed by atoms with Crippen LogP contribution in [0, 0.1) is 5.92 Å². The first-order valence-electron chi connectivity index (χ1n) is 7.51. The molecule has 112 valence electrons. The molecule has 1 aromatic heterocycles. The Kier molecular flexibility index (Phi) is 4.81. The predicted molar refractivity (Wildman–Crippen MR) is 82.3 cm³/mol. The Labute approximate surface area is 121 Å². The van der Waals surface area contributed by atoms with Gasteiger partial charge >= 0.3 is 0 Å². The Hall–Kier alpha value is -1.36. The molecule has 1 saturated carbocycles. The van der Waals surface area contributed by atoms with Crippen LogP contribution in [0.4, 0.5) is 11.6 Å². The number of aliphatic hydroxyl groups excluding tert-OH is 1. The highest BCUT2D eigenvalue weighted by molar-refractivity contribution is 5.49. The summed E-state index contributed by atoms with van der Waals surface area (Å²) in [6.07, 6.45) is 1.72. The minimum Gasteiger partial charge on any atom is -0.393 e. The van der Waals surface area contributed by atoms with Crippen LogP contribution >= 0.6 is 0 Å². The number of hydrogen-bond donors (Lipinski definition) is 2. The molecule has 1 fully saturated rings. The van der Waals surface area contributed by atoms with Crippen molar-refractivity contribution in [3.05, 3.63) is 11.9 Å². The molecule has 0 radical (unpaired) electrons. The maximum absolute atomic E-state index is 9.38. The van der Waals surface area contributed by atoms with E-state index in [2.05, 4.69) is 48.0 Å². The molecule has 0 saturated heterocycles. The monoisotopic (exact) mass is 278 g/mol. The van der Waals surface area contributed by atoms with Crippen molar-refractivity contribution in [2.75, 3.05) is 30.4 Å². The first-order chi connectivity index (χ1) is 9.49. The molecule has 5 heteroatoms. The average Bonchev–Trinajstić information content (AvgIpc) is 2.36. The number of aromatic nitrogens is 2. The Balaban J connectivity index is 2.11. The standard InChI is InChI=1S/C15H26N4O/c1-5-16-13-8-14(18-15(17-13)10(2)3)19(4)9-11-6-12(20)7-11/h8,10-12,20H,5-7,9H2,1-4H3,(H,16,17,18). The third kappa shape index (κ3) is 3.60. The Morgan fingerprint density at radius 1 is 1.40 bits per heavy atom. The Morgan fingerprint density at radius 2 is 2.10 bits per heavy atom. The predicted octanol–water partition coefficient (Wildman–Crippen LogP) is 2.24. The summed E-state index contributed by atoms with van der Waals surface area (Å²) in [5.74, 6) is 3.61. The molecule has 2 rings (SSSR count). The molecule has 5 nitrogen and oxygen atoms in total. The molecule has 2 N–H and O–H groups in total. The van der Waals surface area contributed by atoms with Crippen LogP contribution in [-0.2, 0) is 0 Å². The van der Waals surface area contributed by atoms with Crippen LogP contribution in [0.1, 0.15) is 45.4 Å². The Morgan fingerprint density at radius 3 is 2.65 bits per heavy atom. The van der Waals surface area contributed by atoms with E-state index in [0.29, 0.717) is 11.8 Å². The second-order valence-electron chi connectivity index (χ2n) is 6.03. The number of anilines is 2. The summed E-state index contributed by atoms with van der Waals surface area (Å²) < 4.78 is 0. The normalized spacial score (nSPS) is 21.7. The minimum absolute atomic E-state index is 0.0951. The van der Waals surface area contributed by atoms with Gasteiger partial charge in [-0.2, -0.15) is 0 Å². The lowest BCUT2D eigenvalue weighted by Gasteiger charge is -2.35. The van der Waals surface area contributed by atoms with Crippen LogP contribution in [0.25, 0.3) is 0 Å². The summed E-state index contributed by atoms with van der Waals surface area (Å²) in [7, 11) is 2.06. The lowest BCUT2D eigenvalue weighted by atomic mass is 9.82. The number of aliphatic hydroxyl groups is 1. The van der Waals surface area contributed by atoms with Gasteiger partial charge in [0.2, 0.25) is 0 Å². The molecule has 0 aromatic carbocycles. The fourth-order valence-electron chi connectivity index (χ4n) is 2.51. The minimum atomic E-state index is -0.0951. The van der Waals surface area contributed by atoms with Crippen LogP contribution in [0.2, 0.25) is 0 Å². The second-order valence-corrected chi connectivity index (χ2v) is 6.03. The van der Waals surface area contributed by atoms with Gasteiger partial charge in [0.05, 0.1) is 6.10 Å². The summed E-state index contributed by atoms with van der Waals surface area (Å²) >= 11 is 0. The molecular formula is C15H26N4O. The van der Waals surface area contributed by atoms with E-state index in [1.165, 1.54) is 0 Å². The van der Waals surface area contributed by atoms with Crippen molar-refractivity contribution < 1.29 is 5.11 Å². The zero-order valence-corrected chi connectivity index (χ0v) is 12.9. The van der Waals surface area contributed by atoms with Crippen molar-refractivity contribution in [1.82, 2.24) is 9.97 Å². The molecule has 0 aliphatic heterocycles. The first-order valence-corrected chi connectivity index (χ1v) is 7.51. The van der Waals surface area contributed by atoms with Gasteiger partial charge < -0.3 is 15.3 Å².